The number of para-hydroxylation sites is 1. The van der Waals surface area contributed by atoms with E-state index in [0.29, 0.717) is 23.5 Å². The molecule has 0 atom stereocenters. The molecular formula is C20H23N5O2S. The number of likely N-dealkylation sites (N-methyl/N-ethyl adjacent to an activating group) is 1. The molecule has 28 heavy (non-hydrogen) atoms. The molecule has 8 heteroatoms. The zero-order chi connectivity index (χ0) is 20.1. The van der Waals surface area contributed by atoms with Crippen LogP contribution >= 0.6 is 0 Å². The van der Waals surface area contributed by atoms with Gasteiger partial charge in [-0.2, -0.15) is 0 Å². The first-order chi connectivity index (χ1) is 13.3. The van der Waals surface area contributed by atoms with Gasteiger partial charge in [-0.3, -0.25) is 8.99 Å². The zero-order valence-electron chi connectivity index (χ0n) is 16.4. The van der Waals surface area contributed by atoms with Crippen molar-refractivity contribution in [2.24, 2.45) is 7.05 Å². The molecule has 2 heterocycles. The molecule has 1 aliphatic heterocycles. The highest BCUT2D eigenvalue weighted by atomic mass is 32.2. The highest BCUT2D eigenvalue weighted by molar-refractivity contribution is 7.93. The summed E-state index contributed by atoms with van der Waals surface area (Å²) in [5.74, 6) is 0. The number of fused-ring (bicyclic) bond motifs is 1. The van der Waals surface area contributed by atoms with Gasteiger partial charge in [0.05, 0.1) is 29.0 Å². The molecule has 2 aromatic carbocycles. The quantitative estimate of drug-likeness (QED) is 0.680. The van der Waals surface area contributed by atoms with E-state index in [0.717, 1.165) is 28.2 Å². The lowest BCUT2D eigenvalue weighted by atomic mass is 10.1. The van der Waals surface area contributed by atoms with Crippen molar-refractivity contribution in [1.82, 2.24) is 15.0 Å². The van der Waals surface area contributed by atoms with Gasteiger partial charge in [0.1, 0.15) is 5.69 Å². The van der Waals surface area contributed by atoms with Crippen LogP contribution in [-0.4, -0.2) is 43.5 Å². The smallest absolute Gasteiger partial charge is 0.264 e. The molecule has 0 fully saturated rings. The fourth-order valence-corrected chi connectivity index (χ4v) is 5.43. The fraction of sp³-hybridized carbons (Fsp3) is 0.300. The number of aromatic nitrogens is 3. The van der Waals surface area contributed by atoms with Gasteiger partial charge in [0.2, 0.25) is 0 Å². The first-order valence-corrected chi connectivity index (χ1v) is 10.5. The predicted molar refractivity (Wildman–Crippen MR) is 110 cm³/mol. The summed E-state index contributed by atoms with van der Waals surface area (Å²) in [5, 5.41) is 8.05. The summed E-state index contributed by atoms with van der Waals surface area (Å²) in [4.78, 5) is 2.41. The number of anilines is 2. The third kappa shape index (κ3) is 2.93. The van der Waals surface area contributed by atoms with Crippen LogP contribution in [0.15, 0.2) is 47.5 Å². The standard InChI is InChI=1S/C20H23N5O2S/c1-14-6-5-7-18-20(14)25(11-10-23(18)3)28(26,27)19-9-8-16(12-15(19)2)17-13-24(4)22-21-17/h5-9,12-13H,10-11H2,1-4H3. The van der Waals surface area contributed by atoms with Crippen molar-refractivity contribution in [3.63, 3.8) is 0 Å². The van der Waals surface area contributed by atoms with Gasteiger partial charge in [-0.25, -0.2) is 8.42 Å². The number of rotatable bonds is 3. The average Bonchev–Trinajstić information content (AvgIpc) is 3.08. The predicted octanol–water partition coefficient (Wildman–Crippen LogP) is 2.74. The van der Waals surface area contributed by atoms with E-state index in [4.69, 9.17) is 0 Å². The van der Waals surface area contributed by atoms with E-state index >= 15 is 0 Å². The minimum absolute atomic E-state index is 0.318. The molecule has 7 nitrogen and oxygen atoms in total. The normalized spacial score (nSPS) is 14.3. The second-order valence-corrected chi connectivity index (χ2v) is 9.03. The average molecular weight is 398 g/mol. The Labute approximate surface area is 165 Å². The molecule has 1 aromatic heterocycles. The molecule has 4 rings (SSSR count). The SMILES string of the molecule is Cc1cc(-c2cn(C)nn2)ccc1S(=O)(=O)N1CCN(C)c2cccc(C)c21. The Morgan fingerprint density at radius 2 is 1.79 bits per heavy atom. The summed E-state index contributed by atoms with van der Waals surface area (Å²) in [6, 6.07) is 11.2. The summed E-state index contributed by atoms with van der Waals surface area (Å²) in [6.45, 7) is 4.83. The van der Waals surface area contributed by atoms with Crippen LogP contribution < -0.4 is 9.21 Å². The van der Waals surface area contributed by atoms with Crippen molar-refractivity contribution >= 4 is 21.4 Å². The number of benzene rings is 2. The Morgan fingerprint density at radius 1 is 1.00 bits per heavy atom. The highest BCUT2D eigenvalue weighted by Gasteiger charge is 2.33. The Hall–Kier alpha value is -2.87. The van der Waals surface area contributed by atoms with Gasteiger partial charge in [0.25, 0.3) is 10.0 Å². The molecule has 0 saturated carbocycles. The van der Waals surface area contributed by atoms with Crippen LogP contribution in [0.3, 0.4) is 0 Å². The Bertz CT molecular complexity index is 1150. The van der Waals surface area contributed by atoms with Gasteiger partial charge < -0.3 is 4.90 Å². The van der Waals surface area contributed by atoms with E-state index in [1.54, 1.807) is 28.2 Å². The molecule has 0 saturated heterocycles. The number of nitrogens with zero attached hydrogens (tertiary/aromatic N) is 5. The maximum atomic E-state index is 13.6. The van der Waals surface area contributed by atoms with E-state index in [1.165, 1.54) is 0 Å². The molecule has 0 radical (unpaired) electrons. The number of sulfonamides is 1. The fourth-order valence-electron chi connectivity index (χ4n) is 3.69. The van der Waals surface area contributed by atoms with Crippen molar-refractivity contribution in [2.75, 3.05) is 29.3 Å². The van der Waals surface area contributed by atoms with Crippen LogP contribution in [0.1, 0.15) is 11.1 Å². The third-order valence-electron chi connectivity index (χ3n) is 5.16. The van der Waals surface area contributed by atoms with E-state index < -0.39 is 10.0 Å². The molecule has 1 aliphatic rings. The van der Waals surface area contributed by atoms with Crippen LogP contribution in [0.25, 0.3) is 11.3 Å². The summed E-state index contributed by atoms with van der Waals surface area (Å²) in [6.07, 6.45) is 1.81. The first kappa shape index (κ1) is 18.5. The Morgan fingerprint density at radius 3 is 2.46 bits per heavy atom. The van der Waals surface area contributed by atoms with E-state index in [-0.39, 0.29) is 0 Å². The van der Waals surface area contributed by atoms with Gasteiger partial charge in [-0.15, -0.1) is 5.10 Å². The zero-order valence-corrected chi connectivity index (χ0v) is 17.2. The lowest BCUT2D eigenvalue weighted by Gasteiger charge is -2.37. The van der Waals surface area contributed by atoms with Crippen LogP contribution in [0, 0.1) is 13.8 Å². The molecule has 3 aromatic rings. The largest absolute Gasteiger partial charge is 0.371 e. The molecule has 0 aliphatic carbocycles. The molecule has 0 bridgehead atoms. The third-order valence-corrected chi connectivity index (χ3v) is 7.12. The van der Waals surface area contributed by atoms with Gasteiger partial charge in [-0.05, 0) is 43.2 Å². The lowest BCUT2D eigenvalue weighted by Crippen LogP contribution is -2.43. The molecule has 0 unspecified atom stereocenters. The summed E-state index contributed by atoms with van der Waals surface area (Å²) in [7, 11) is 0.110. The number of hydrogen-bond acceptors (Lipinski definition) is 5. The number of hydrogen-bond donors (Lipinski definition) is 0. The lowest BCUT2D eigenvalue weighted by molar-refractivity contribution is 0.588. The monoisotopic (exact) mass is 397 g/mol. The summed E-state index contributed by atoms with van der Waals surface area (Å²) in [5.41, 5.74) is 4.89. The molecule has 0 spiro atoms. The van der Waals surface area contributed by atoms with Crippen molar-refractivity contribution < 1.29 is 8.42 Å². The van der Waals surface area contributed by atoms with Crippen molar-refractivity contribution in [3.05, 3.63) is 53.7 Å². The highest BCUT2D eigenvalue weighted by Crippen LogP contribution is 2.39. The van der Waals surface area contributed by atoms with Crippen molar-refractivity contribution in [1.29, 1.82) is 0 Å². The Kier molecular flexibility index (Phi) is 4.38. The summed E-state index contributed by atoms with van der Waals surface area (Å²) >= 11 is 0. The summed E-state index contributed by atoms with van der Waals surface area (Å²) < 4.78 is 30.3. The number of aryl methyl sites for hydroxylation is 3. The molecule has 0 N–H and O–H groups in total. The minimum atomic E-state index is -3.68. The van der Waals surface area contributed by atoms with Gasteiger partial charge in [0.15, 0.2) is 0 Å². The van der Waals surface area contributed by atoms with Crippen molar-refractivity contribution in [3.8, 4) is 11.3 Å². The Balaban J connectivity index is 1.79. The molecule has 146 valence electrons. The van der Waals surface area contributed by atoms with Gasteiger partial charge in [-0.1, -0.05) is 23.4 Å². The maximum Gasteiger partial charge on any atom is 0.264 e. The van der Waals surface area contributed by atoms with E-state index in [9.17, 15) is 8.42 Å². The first-order valence-electron chi connectivity index (χ1n) is 9.10. The molecular weight excluding hydrogens is 374 g/mol. The topological polar surface area (TPSA) is 71.3 Å². The second-order valence-electron chi connectivity index (χ2n) is 7.20. The van der Waals surface area contributed by atoms with Gasteiger partial charge >= 0.3 is 0 Å². The minimum Gasteiger partial charge on any atom is -0.371 e. The molecule has 0 amide bonds. The van der Waals surface area contributed by atoms with Crippen LogP contribution in [0.2, 0.25) is 0 Å². The maximum absolute atomic E-state index is 13.6. The van der Waals surface area contributed by atoms with Crippen LogP contribution in [0.5, 0.6) is 0 Å². The van der Waals surface area contributed by atoms with E-state index in [1.807, 2.05) is 51.4 Å². The van der Waals surface area contributed by atoms with Crippen molar-refractivity contribution in [2.45, 2.75) is 18.7 Å². The van der Waals surface area contributed by atoms with Gasteiger partial charge in [0, 0.05) is 26.2 Å². The van der Waals surface area contributed by atoms with Crippen LogP contribution in [-0.2, 0) is 17.1 Å². The van der Waals surface area contributed by atoms with E-state index in [2.05, 4.69) is 15.2 Å². The second kappa shape index (κ2) is 6.63. The van der Waals surface area contributed by atoms with Crippen LogP contribution in [0.4, 0.5) is 11.4 Å².